The van der Waals surface area contributed by atoms with E-state index in [1.54, 1.807) is 6.92 Å². The third-order valence-electron chi connectivity index (χ3n) is 2.45. The summed E-state index contributed by atoms with van der Waals surface area (Å²) in [6.07, 6.45) is 0. The van der Waals surface area contributed by atoms with Crippen LogP contribution in [0.3, 0.4) is 0 Å². The van der Waals surface area contributed by atoms with Crippen LogP contribution in [0.25, 0.3) is 0 Å². The number of aromatic nitrogens is 2. The third kappa shape index (κ3) is 3.69. The van der Waals surface area contributed by atoms with E-state index in [-0.39, 0.29) is 22.8 Å². The van der Waals surface area contributed by atoms with Crippen LogP contribution in [0.1, 0.15) is 22.1 Å². The number of amides is 2. The molecule has 1 heterocycles. The van der Waals surface area contributed by atoms with Gasteiger partial charge in [0, 0.05) is 6.92 Å². The number of carboxylic acids is 1. The summed E-state index contributed by atoms with van der Waals surface area (Å²) in [5.74, 6) is -0.535. The molecule has 0 bridgehead atoms. The van der Waals surface area contributed by atoms with Gasteiger partial charge in [-0.1, -0.05) is 22.8 Å². The minimum atomic E-state index is -1.23. The number of anilines is 1. The lowest BCUT2D eigenvalue weighted by atomic mass is 10.2. The maximum atomic E-state index is 11.7. The standard InChI is InChI=1S/C12H11ClN4O4/c1-6-15-9(17-21-6)5-14-12(20)16-8-4-2-3-7(13)10(8)11(18)19/h2-4H,5H2,1H3,(H,18,19)(H2,14,16,20). The van der Waals surface area contributed by atoms with E-state index in [9.17, 15) is 9.59 Å². The molecule has 8 nitrogen and oxygen atoms in total. The highest BCUT2D eigenvalue weighted by atomic mass is 35.5. The second-order valence-electron chi connectivity index (χ2n) is 4.00. The molecule has 0 aliphatic heterocycles. The number of aromatic carboxylic acids is 1. The number of carbonyl (C=O) groups is 2. The lowest BCUT2D eigenvalue weighted by Crippen LogP contribution is -2.29. The Labute approximate surface area is 124 Å². The Morgan fingerprint density at radius 2 is 2.19 bits per heavy atom. The molecule has 0 radical (unpaired) electrons. The molecular weight excluding hydrogens is 300 g/mol. The van der Waals surface area contributed by atoms with E-state index in [1.807, 2.05) is 0 Å². The predicted molar refractivity (Wildman–Crippen MR) is 73.3 cm³/mol. The van der Waals surface area contributed by atoms with Crippen molar-refractivity contribution in [3.05, 3.63) is 40.5 Å². The van der Waals surface area contributed by atoms with Gasteiger partial charge in [0.1, 0.15) is 5.56 Å². The van der Waals surface area contributed by atoms with Crippen molar-refractivity contribution in [2.24, 2.45) is 0 Å². The Bertz CT molecular complexity index is 686. The summed E-state index contributed by atoms with van der Waals surface area (Å²) in [6, 6.07) is 3.79. The minimum Gasteiger partial charge on any atom is -0.478 e. The molecule has 2 amide bonds. The van der Waals surface area contributed by atoms with E-state index in [0.29, 0.717) is 11.7 Å². The summed E-state index contributed by atoms with van der Waals surface area (Å²) >= 11 is 5.80. The first-order chi connectivity index (χ1) is 9.97. The van der Waals surface area contributed by atoms with Crippen molar-refractivity contribution in [1.29, 1.82) is 0 Å². The van der Waals surface area contributed by atoms with E-state index < -0.39 is 12.0 Å². The SMILES string of the molecule is Cc1nc(CNC(=O)Nc2cccc(Cl)c2C(=O)O)no1. The Morgan fingerprint density at radius 3 is 2.81 bits per heavy atom. The maximum absolute atomic E-state index is 11.7. The number of halogens is 1. The summed E-state index contributed by atoms with van der Waals surface area (Å²) in [7, 11) is 0. The number of nitrogens with one attached hydrogen (secondary N) is 2. The zero-order valence-corrected chi connectivity index (χ0v) is 11.6. The molecule has 0 atom stereocenters. The first-order valence-electron chi connectivity index (χ1n) is 5.83. The van der Waals surface area contributed by atoms with E-state index in [2.05, 4.69) is 20.8 Å². The van der Waals surface area contributed by atoms with Crippen LogP contribution in [0, 0.1) is 6.92 Å². The molecule has 0 saturated carbocycles. The summed E-state index contributed by atoms with van der Waals surface area (Å²) in [5, 5.41) is 17.6. The zero-order valence-electron chi connectivity index (χ0n) is 10.9. The molecule has 0 saturated heterocycles. The number of hydrogen-bond acceptors (Lipinski definition) is 5. The highest BCUT2D eigenvalue weighted by Gasteiger charge is 2.16. The van der Waals surface area contributed by atoms with Crippen LogP contribution in [0.15, 0.2) is 22.7 Å². The normalized spacial score (nSPS) is 10.2. The summed E-state index contributed by atoms with van der Waals surface area (Å²) in [5.41, 5.74) is -0.0819. The molecule has 0 fully saturated rings. The Kier molecular flexibility index (Phi) is 4.39. The minimum absolute atomic E-state index is 0.0362. The Hall–Kier alpha value is -2.61. The molecule has 3 N–H and O–H groups in total. The molecular formula is C12H11ClN4O4. The van der Waals surface area contributed by atoms with Gasteiger partial charge in [0.25, 0.3) is 0 Å². The van der Waals surface area contributed by atoms with Crippen molar-refractivity contribution in [3.63, 3.8) is 0 Å². The van der Waals surface area contributed by atoms with Crippen LogP contribution in [0.5, 0.6) is 0 Å². The van der Waals surface area contributed by atoms with Gasteiger partial charge in [0.2, 0.25) is 5.89 Å². The van der Waals surface area contributed by atoms with Crippen molar-refractivity contribution in [2.45, 2.75) is 13.5 Å². The van der Waals surface area contributed by atoms with Crippen LogP contribution in [0.2, 0.25) is 5.02 Å². The van der Waals surface area contributed by atoms with Crippen LogP contribution in [0.4, 0.5) is 10.5 Å². The van der Waals surface area contributed by atoms with Crippen molar-refractivity contribution >= 4 is 29.3 Å². The molecule has 2 rings (SSSR count). The molecule has 0 aliphatic rings. The summed E-state index contributed by atoms with van der Waals surface area (Å²) < 4.78 is 4.75. The fourth-order valence-corrected chi connectivity index (χ4v) is 1.84. The van der Waals surface area contributed by atoms with Gasteiger partial charge >= 0.3 is 12.0 Å². The van der Waals surface area contributed by atoms with Crippen molar-refractivity contribution in [1.82, 2.24) is 15.5 Å². The molecule has 110 valence electrons. The van der Waals surface area contributed by atoms with E-state index >= 15 is 0 Å². The smallest absolute Gasteiger partial charge is 0.339 e. The topological polar surface area (TPSA) is 117 Å². The second kappa shape index (κ2) is 6.23. The third-order valence-corrected chi connectivity index (χ3v) is 2.77. The Morgan fingerprint density at radius 1 is 1.43 bits per heavy atom. The lowest BCUT2D eigenvalue weighted by Gasteiger charge is -2.09. The summed E-state index contributed by atoms with van der Waals surface area (Å²) in [6.45, 7) is 1.67. The number of nitrogens with zero attached hydrogens (tertiary/aromatic N) is 2. The zero-order chi connectivity index (χ0) is 15.4. The molecule has 0 unspecified atom stereocenters. The fraction of sp³-hybridized carbons (Fsp3) is 0.167. The number of hydrogen-bond donors (Lipinski definition) is 3. The monoisotopic (exact) mass is 310 g/mol. The van der Waals surface area contributed by atoms with Crippen molar-refractivity contribution in [2.75, 3.05) is 5.32 Å². The molecule has 0 aliphatic carbocycles. The molecule has 1 aromatic heterocycles. The fourth-order valence-electron chi connectivity index (χ4n) is 1.58. The van der Waals surface area contributed by atoms with E-state index in [1.165, 1.54) is 18.2 Å². The van der Waals surface area contributed by atoms with Gasteiger partial charge in [-0.3, -0.25) is 0 Å². The summed E-state index contributed by atoms with van der Waals surface area (Å²) in [4.78, 5) is 26.8. The second-order valence-corrected chi connectivity index (χ2v) is 4.41. The molecule has 21 heavy (non-hydrogen) atoms. The van der Waals surface area contributed by atoms with Gasteiger partial charge in [-0.2, -0.15) is 4.98 Å². The van der Waals surface area contributed by atoms with Gasteiger partial charge in [0.15, 0.2) is 5.82 Å². The van der Waals surface area contributed by atoms with Gasteiger partial charge in [0.05, 0.1) is 17.3 Å². The maximum Gasteiger partial charge on any atom is 0.339 e. The van der Waals surface area contributed by atoms with Gasteiger partial charge < -0.3 is 20.3 Å². The van der Waals surface area contributed by atoms with Crippen LogP contribution >= 0.6 is 11.6 Å². The number of carbonyl (C=O) groups excluding carboxylic acids is 1. The number of aryl methyl sites for hydroxylation is 1. The highest BCUT2D eigenvalue weighted by Crippen LogP contribution is 2.24. The largest absolute Gasteiger partial charge is 0.478 e. The quantitative estimate of drug-likeness (QED) is 0.795. The van der Waals surface area contributed by atoms with Crippen molar-refractivity contribution < 1.29 is 19.2 Å². The van der Waals surface area contributed by atoms with Gasteiger partial charge in [-0.05, 0) is 12.1 Å². The van der Waals surface area contributed by atoms with Crippen LogP contribution in [-0.4, -0.2) is 27.2 Å². The molecule has 1 aromatic carbocycles. The van der Waals surface area contributed by atoms with E-state index in [4.69, 9.17) is 21.2 Å². The number of benzene rings is 1. The highest BCUT2D eigenvalue weighted by molar-refractivity contribution is 6.34. The average molecular weight is 311 g/mol. The average Bonchev–Trinajstić information content (AvgIpc) is 2.82. The lowest BCUT2D eigenvalue weighted by molar-refractivity contribution is 0.0698. The Balaban J connectivity index is 2.03. The van der Waals surface area contributed by atoms with Gasteiger partial charge in [-0.25, -0.2) is 9.59 Å². The first kappa shape index (κ1) is 14.8. The van der Waals surface area contributed by atoms with E-state index in [0.717, 1.165) is 0 Å². The van der Waals surface area contributed by atoms with Crippen molar-refractivity contribution in [3.8, 4) is 0 Å². The number of carboxylic acid groups (broad SMARTS) is 1. The molecule has 9 heteroatoms. The van der Waals surface area contributed by atoms with Crippen LogP contribution in [-0.2, 0) is 6.54 Å². The molecule has 2 aromatic rings. The first-order valence-corrected chi connectivity index (χ1v) is 6.21. The van der Waals surface area contributed by atoms with Gasteiger partial charge in [-0.15, -0.1) is 0 Å². The number of urea groups is 1. The van der Waals surface area contributed by atoms with Crippen LogP contribution < -0.4 is 10.6 Å². The molecule has 0 spiro atoms. The predicted octanol–water partition coefficient (Wildman–Crippen LogP) is 2.05. The number of rotatable bonds is 4.